The summed E-state index contributed by atoms with van der Waals surface area (Å²) in [5.41, 5.74) is -1.14. The van der Waals surface area contributed by atoms with Crippen molar-refractivity contribution in [3.8, 4) is 0 Å². The SMILES string of the molecule is O=C(CSc1nnns1)Nc1ccccc1C(F)(F)F. The fraction of sp³-hybridized carbons (Fsp3) is 0.200. The molecule has 0 atom stereocenters. The van der Waals surface area contributed by atoms with Gasteiger partial charge in [-0.2, -0.15) is 13.2 Å². The lowest BCUT2D eigenvalue weighted by Crippen LogP contribution is -2.18. The molecule has 2 aromatic rings. The molecule has 1 amide bonds. The highest BCUT2D eigenvalue weighted by Crippen LogP contribution is 2.34. The maximum atomic E-state index is 12.7. The molecule has 0 bridgehead atoms. The van der Waals surface area contributed by atoms with E-state index < -0.39 is 17.6 Å². The van der Waals surface area contributed by atoms with Gasteiger partial charge in [0.1, 0.15) is 0 Å². The first-order valence-electron chi connectivity index (χ1n) is 5.21. The predicted molar refractivity (Wildman–Crippen MR) is 68.5 cm³/mol. The van der Waals surface area contributed by atoms with Gasteiger partial charge in [-0.05, 0) is 17.3 Å². The molecule has 0 aliphatic carbocycles. The van der Waals surface area contributed by atoms with E-state index in [4.69, 9.17) is 0 Å². The lowest BCUT2D eigenvalue weighted by molar-refractivity contribution is -0.137. The molecule has 1 N–H and O–H groups in total. The van der Waals surface area contributed by atoms with Crippen LogP contribution in [0.1, 0.15) is 5.56 Å². The highest BCUT2D eigenvalue weighted by atomic mass is 32.2. The van der Waals surface area contributed by atoms with Crippen LogP contribution in [0.4, 0.5) is 18.9 Å². The second kappa shape index (κ2) is 6.18. The Hall–Kier alpha value is -1.68. The molecule has 1 heterocycles. The lowest BCUT2D eigenvalue weighted by atomic mass is 10.1. The van der Waals surface area contributed by atoms with Gasteiger partial charge in [0.05, 0.1) is 17.0 Å². The largest absolute Gasteiger partial charge is 0.418 e. The highest BCUT2D eigenvalue weighted by Gasteiger charge is 2.33. The molecular weight excluding hydrogens is 313 g/mol. The van der Waals surface area contributed by atoms with Gasteiger partial charge in [0, 0.05) is 11.5 Å². The third-order valence-electron chi connectivity index (χ3n) is 2.12. The van der Waals surface area contributed by atoms with Crippen molar-refractivity contribution in [2.45, 2.75) is 10.5 Å². The van der Waals surface area contributed by atoms with Crippen molar-refractivity contribution in [1.29, 1.82) is 0 Å². The monoisotopic (exact) mass is 320 g/mol. The average Bonchev–Trinajstić information content (AvgIpc) is 2.89. The Morgan fingerprint density at radius 3 is 2.75 bits per heavy atom. The Kier molecular flexibility index (Phi) is 4.55. The van der Waals surface area contributed by atoms with Crippen molar-refractivity contribution in [3.63, 3.8) is 0 Å². The molecule has 2 rings (SSSR count). The van der Waals surface area contributed by atoms with E-state index >= 15 is 0 Å². The van der Waals surface area contributed by atoms with Crippen molar-refractivity contribution < 1.29 is 18.0 Å². The molecule has 1 aromatic carbocycles. The lowest BCUT2D eigenvalue weighted by Gasteiger charge is -2.13. The van der Waals surface area contributed by atoms with Crippen LogP contribution < -0.4 is 5.32 Å². The zero-order chi connectivity index (χ0) is 14.6. The quantitative estimate of drug-likeness (QED) is 0.877. The van der Waals surface area contributed by atoms with Crippen LogP contribution in [0.3, 0.4) is 0 Å². The number of carbonyl (C=O) groups excluding carboxylic acids is 1. The van der Waals surface area contributed by atoms with Crippen molar-refractivity contribution in [3.05, 3.63) is 29.8 Å². The summed E-state index contributed by atoms with van der Waals surface area (Å²) >= 11 is 2.07. The maximum absolute atomic E-state index is 12.7. The van der Waals surface area contributed by atoms with E-state index in [-0.39, 0.29) is 11.4 Å². The number of nitrogens with one attached hydrogen (secondary N) is 1. The predicted octanol–water partition coefficient (Wildman–Crippen LogP) is 2.68. The standard InChI is InChI=1S/C10H7F3N4OS2/c11-10(12,13)6-3-1-2-4-7(6)14-8(18)5-19-9-15-16-17-20-9/h1-4H,5H2,(H,14,18). The second-order valence-electron chi connectivity index (χ2n) is 3.51. The van der Waals surface area contributed by atoms with Crippen molar-refractivity contribution >= 4 is 34.9 Å². The summed E-state index contributed by atoms with van der Waals surface area (Å²) in [5, 5.41) is 9.20. The summed E-state index contributed by atoms with van der Waals surface area (Å²) in [6.45, 7) is 0. The average molecular weight is 320 g/mol. The number of anilines is 1. The molecule has 0 fully saturated rings. The van der Waals surface area contributed by atoms with E-state index in [9.17, 15) is 18.0 Å². The van der Waals surface area contributed by atoms with E-state index in [1.54, 1.807) is 0 Å². The number of carbonyl (C=O) groups is 1. The van der Waals surface area contributed by atoms with Gasteiger partial charge < -0.3 is 5.32 Å². The number of alkyl halides is 3. The minimum Gasteiger partial charge on any atom is -0.325 e. The van der Waals surface area contributed by atoms with E-state index in [2.05, 4.69) is 20.1 Å². The number of rotatable bonds is 4. The minimum atomic E-state index is -4.51. The number of hydrogen-bond donors (Lipinski definition) is 1. The molecule has 1 aromatic heterocycles. The number of hydrogen-bond acceptors (Lipinski definition) is 6. The molecule has 106 valence electrons. The molecule has 10 heteroatoms. The van der Waals surface area contributed by atoms with Gasteiger partial charge in [0.2, 0.25) is 5.91 Å². The van der Waals surface area contributed by atoms with Gasteiger partial charge in [-0.25, -0.2) is 0 Å². The Bertz CT molecular complexity index is 588. The van der Waals surface area contributed by atoms with Crippen LogP contribution in [0, 0.1) is 0 Å². The van der Waals surface area contributed by atoms with Gasteiger partial charge >= 0.3 is 6.18 Å². The molecule has 20 heavy (non-hydrogen) atoms. The Morgan fingerprint density at radius 2 is 2.10 bits per heavy atom. The van der Waals surface area contributed by atoms with Crippen LogP contribution in [-0.4, -0.2) is 26.5 Å². The maximum Gasteiger partial charge on any atom is 0.418 e. The first-order chi connectivity index (χ1) is 9.47. The van der Waals surface area contributed by atoms with Crippen LogP contribution in [0.15, 0.2) is 28.6 Å². The van der Waals surface area contributed by atoms with Crippen molar-refractivity contribution in [2.75, 3.05) is 11.1 Å². The van der Waals surface area contributed by atoms with Crippen LogP contribution in [0.25, 0.3) is 0 Å². The summed E-state index contributed by atoms with van der Waals surface area (Å²) in [5.74, 6) is -0.620. The number of halogens is 3. The van der Waals surface area contributed by atoms with Crippen LogP contribution in [-0.2, 0) is 11.0 Å². The van der Waals surface area contributed by atoms with E-state index in [1.165, 1.54) is 18.2 Å². The fourth-order valence-electron chi connectivity index (χ4n) is 1.33. The highest BCUT2D eigenvalue weighted by molar-refractivity contribution is 8.01. The van der Waals surface area contributed by atoms with Crippen LogP contribution in [0.2, 0.25) is 0 Å². The first kappa shape index (κ1) is 14.7. The van der Waals surface area contributed by atoms with Crippen LogP contribution in [0.5, 0.6) is 0 Å². The zero-order valence-electron chi connectivity index (χ0n) is 9.72. The summed E-state index contributed by atoms with van der Waals surface area (Å²) in [7, 11) is 0. The molecule has 0 aliphatic rings. The van der Waals surface area contributed by atoms with Gasteiger partial charge in [0.25, 0.3) is 0 Å². The van der Waals surface area contributed by atoms with E-state index in [1.807, 2.05) is 0 Å². The number of aromatic nitrogens is 3. The molecule has 0 saturated heterocycles. The summed E-state index contributed by atoms with van der Waals surface area (Å²) in [6.07, 6.45) is -4.51. The van der Waals surface area contributed by atoms with Crippen LogP contribution >= 0.6 is 23.3 Å². The zero-order valence-corrected chi connectivity index (χ0v) is 11.3. The molecule has 5 nitrogen and oxygen atoms in total. The summed E-state index contributed by atoms with van der Waals surface area (Å²) in [6, 6.07) is 4.81. The third-order valence-corrected chi connectivity index (χ3v) is 3.82. The van der Waals surface area contributed by atoms with Gasteiger partial charge in [-0.1, -0.05) is 28.4 Å². The van der Waals surface area contributed by atoms with Gasteiger partial charge in [-0.3, -0.25) is 4.79 Å². The second-order valence-corrected chi connectivity index (χ2v) is 5.46. The van der Waals surface area contributed by atoms with Gasteiger partial charge in [0.15, 0.2) is 4.34 Å². The summed E-state index contributed by atoms with van der Waals surface area (Å²) in [4.78, 5) is 11.6. The van der Waals surface area contributed by atoms with E-state index in [0.29, 0.717) is 4.34 Å². The normalized spacial score (nSPS) is 11.3. The molecule has 0 saturated carbocycles. The smallest absolute Gasteiger partial charge is 0.325 e. The minimum absolute atomic E-state index is 0.0664. The summed E-state index contributed by atoms with van der Waals surface area (Å²) < 4.78 is 42.2. The fourth-order valence-corrected chi connectivity index (χ4v) is 2.46. The Labute approximate surface area is 119 Å². The van der Waals surface area contributed by atoms with E-state index in [0.717, 1.165) is 29.4 Å². The number of benzene rings is 1. The number of amides is 1. The number of nitrogens with zero attached hydrogens (tertiary/aromatic N) is 3. The molecule has 0 spiro atoms. The van der Waals surface area contributed by atoms with Crippen molar-refractivity contribution in [1.82, 2.24) is 14.8 Å². The molecule has 0 radical (unpaired) electrons. The Morgan fingerprint density at radius 1 is 1.35 bits per heavy atom. The number of thioether (sulfide) groups is 1. The molecule has 0 aliphatic heterocycles. The molecule has 0 unspecified atom stereocenters. The van der Waals surface area contributed by atoms with Gasteiger partial charge in [-0.15, -0.1) is 5.10 Å². The third kappa shape index (κ3) is 3.90. The van der Waals surface area contributed by atoms with Crippen molar-refractivity contribution in [2.24, 2.45) is 0 Å². The molecular formula is C10H7F3N4OS2. The Balaban J connectivity index is 2.01. The number of para-hydroxylation sites is 1. The topological polar surface area (TPSA) is 67.8 Å². The first-order valence-corrected chi connectivity index (χ1v) is 6.96.